The molecule has 2 heterocycles. The fourth-order valence-electron chi connectivity index (χ4n) is 3.55. The van der Waals surface area contributed by atoms with E-state index < -0.39 is 25.6 Å². The first-order valence-electron chi connectivity index (χ1n) is 11.6. The van der Waals surface area contributed by atoms with E-state index in [2.05, 4.69) is 37.0 Å². The summed E-state index contributed by atoms with van der Waals surface area (Å²) in [5.74, 6) is 3.05. The summed E-state index contributed by atoms with van der Waals surface area (Å²) >= 11 is 0. The van der Waals surface area contributed by atoms with E-state index in [4.69, 9.17) is 35.2 Å². The molecule has 2 rings (SSSR count). The first-order valence-corrected chi connectivity index (χ1v) is 15.1. The summed E-state index contributed by atoms with van der Waals surface area (Å²) in [6.07, 6.45) is 5.41. The zero-order chi connectivity index (χ0) is 26.2. The Morgan fingerprint density at radius 1 is 0.971 bits per heavy atom. The minimum Gasteiger partial charge on any atom is -0.481 e. The molecule has 0 unspecified atom stereocenters. The average Bonchev–Trinajstić information content (AvgIpc) is 2.63. The highest BCUT2D eigenvalue weighted by atomic mass is 28.3. The van der Waals surface area contributed by atoms with E-state index in [1.54, 1.807) is 20.8 Å². The summed E-state index contributed by atoms with van der Waals surface area (Å²) in [5.41, 5.74) is 3.32. The third-order valence-electron chi connectivity index (χ3n) is 4.60. The number of carbonyl (C=O) groups excluding carboxylic acids is 1. The van der Waals surface area contributed by atoms with E-state index in [-0.39, 0.29) is 43.2 Å². The number of carboxylic acid groups (broad SMARTS) is 1. The van der Waals surface area contributed by atoms with Crippen LogP contribution in [0.25, 0.3) is 0 Å². The standard InChI is InChI=1S/C15H26O4Si.C10H14O4/c1-7-17-14(16)11-13-10-12(8-9-20(4,5)6)18-15(2,3)19-13;1-4-7-5-8(6-9(11)12)14-10(2,3)13-7/h12-13H,7,10-11H2,1-6H3;1,7-8H,5-6H2,2-3H3,(H,11,12)/t12-,13-;7-,8-/m11/s1. The SMILES string of the molecule is C#C[C@@H]1C[C@H](CC(=O)O)OC(C)(C)O1.CCOC(=O)C[C@H]1C[C@@H](C#C[Si](C)(C)C)OC(C)(C)O1. The fourth-order valence-corrected chi connectivity index (χ4v) is 4.15. The van der Waals surface area contributed by atoms with Crippen LogP contribution in [-0.4, -0.2) is 67.7 Å². The average molecular weight is 497 g/mol. The maximum absolute atomic E-state index is 11.6. The molecule has 0 aliphatic carbocycles. The molecule has 0 aromatic rings. The van der Waals surface area contributed by atoms with Crippen LogP contribution in [0.15, 0.2) is 0 Å². The lowest BCUT2D eigenvalue weighted by molar-refractivity contribution is -0.289. The van der Waals surface area contributed by atoms with Gasteiger partial charge in [0.15, 0.2) is 11.6 Å². The Hall–Kier alpha value is -1.88. The van der Waals surface area contributed by atoms with Gasteiger partial charge in [-0.05, 0) is 34.6 Å². The van der Waals surface area contributed by atoms with Crippen LogP contribution in [0.2, 0.25) is 19.6 Å². The molecule has 1 N–H and O–H groups in total. The number of hydrogen-bond donors (Lipinski definition) is 1. The normalized spacial score (nSPS) is 27.6. The Morgan fingerprint density at radius 2 is 1.47 bits per heavy atom. The molecule has 0 radical (unpaired) electrons. The molecule has 0 saturated carbocycles. The lowest BCUT2D eigenvalue weighted by atomic mass is 10.1. The van der Waals surface area contributed by atoms with Crippen molar-refractivity contribution in [3.63, 3.8) is 0 Å². The van der Waals surface area contributed by atoms with Gasteiger partial charge in [0.2, 0.25) is 0 Å². The lowest BCUT2D eigenvalue weighted by Gasteiger charge is -2.38. The second-order valence-electron chi connectivity index (χ2n) is 10.3. The number of ether oxygens (including phenoxy) is 5. The largest absolute Gasteiger partial charge is 0.481 e. The Balaban J connectivity index is 0.000000362. The van der Waals surface area contributed by atoms with E-state index in [0.29, 0.717) is 19.4 Å². The number of rotatable bonds is 5. The number of carbonyl (C=O) groups is 2. The maximum atomic E-state index is 11.6. The van der Waals surface area contributed by atoms with Gasteiger partial charge in [-0.25, -0.2) is 0 Å². The van der Waals surface area contributed by atoms with Crippen LogP contribution in [-0.2, 0) is 33.3 Å². The summed E-state index contributed by atoms with van der Waals surface area (Å²) in [6.45, 7) is 15.9. The van der Waals surface area contributed by atoms with Crippen LogP contribution in [0.4, 0.5) is 0 Å². The van der Waals surface area contributed by atoms with Gasteiger partial charge < -0.3 is 28.8 Å². The van der Waals surface area contributed by atoms with Gasteiger partial charge in [0, 0.05) is 12.8 Å². The second kappa shape index (κ2) is 12.7. The summed E-state index contributed by atoms with van der Waals surface area (Å²) in [4.78, 5) is 22.1. The molecule has 8 nitrogen and oxygen atoms in total. The van der Waals surface area contributed by atoms with Gasteiger partial charge in [-0.2, -0.15) is 0 Å². The quantitative estimate of drug-likeness (QED) is 0.349. The molecule has 34 heavy (non-hydrogen) atoms. The van der Waals surface area contributed by atoms with Crippen LogP contribution >= 0.6 is 0 Å². The van der Waals surface area contributed by atoms with E-state index in [1.165, 1.54) is 0 Å². The van der Waals surface area contributed by atoms with E-state index in [9.17, 15) is 9.59 Å². The summed E-state index contributed by atoms with van der Waals surface area (Å²) < 4.78 is 27.4. The number of carboxylic acids is 1. The molecular formula is C25H40O8Si. The molecule has 0 spiro atoms. The molecule has 2 aliphatic heterocycles. The van der Waals surface area contributed by atoms with Crippen LogP contribution in [0.5, 0.6) is 0 Å². The van der Waals surface area contributed by atoms with E-state index in [0.717, 1.165) is 0 Å². The molecule has 0 aromatic heterocycles. The summed E-state index contributed by atoms with van der Waals surface area (Å²) in [7, 11) is -1.43. The molecule has 2 saturated heterocycles. The Kier molecular flexibility index (Phi) is 11.3. The summed E-state index contributed by atoms with van der Waals surface area (Å²) in [5, 5.41) is 8.62. The van der Waals surface area contributed by atoms with Crippen molar-refractivity contribution in [1.29, 1.82) is 0 Å². The molecule has 0 amide bonds. The number of esters is 1. The van der Waals surface area contributed by atoms with Crippen molar-refractivity contribution in [2.75, 3.05) is 6.61 Å². The zero-order valence-electron chi connectivity index (χ0n) is 21.7. The highest BCUT2D eigenvalue weighted by molar-refractivity contribution is 6.83. The predicted octanol–water partition coefficient (Wildman–Crippen LogP) is 3.74. The second-order valence-corrected chi connectivity index (χ2v) is 15.0. The van der Waals surface area contributed by atoms with Gasteiger partial charge in [0.25, 0.3) is 0 Å². The molecule has 0 bridgehead atoms. The topological polar surface area (TPSA) is 101 Å². The lowest BCUT2D eigenvalue weighted by Crippen LogP contribution is -2.45. The van der Waals surface area contributed by atoms with Crippen molar-refractivity contribution in [3.05, 3.63) is 0 Å². The Labute approximate surface area is 205 Å². The van der Waals surface area contributed by atoms with E-state index >= 15 is 0 Å². The van der Waals surface area contributed by atoms with Gasteiger partial charge in [0.05, 0.1) is 31.7 Å². The predicted molar refractivity (Wildman–Crippen MR) is 130 cm³/mol. The van der Waals surface area contributed by atoms with Crippen molar-refractivity contribution in [3.8, 4) is 23.8 Å². The number of terminal acetylenes is 1. The van der Waals surface area contributed by atoms with Gasteiger partial charge in [-0.15, -0.1) is 12.0 Å². The van der Waals surface area contributed by atoms with Crippen LogP contribution < -0.4 is 0 Å². The smallest absolute Gasteiger partial charge is 0.308 e. The van der Waals surface area contributed by atoms with E-state index in [1.807, 2.05) is 13.8 Å². The minimum absolute atomic E-state index is 0.0367. The third kappa shape index (κ3) is 12.5. The molecule has 9 heteroatoms. The number of aliphatic carboxylic acids is 1. The molecule has 2 aliphatic rings. The van der Waals surface area contributed by atoms with Crippen molar-refractivity contribution in [2.45, 2.75) is 116 Å². The summed E-state index contributed by atoms with van der Waals surface area (Å²) in [6, 6.07) is 0. The van der Waals surface area contributed by atoms with Gasteiger partial charge in [0.1, 0.15) is 20.3 Å². The van der Waals surface area contributed by atoms with Crippen molar-refractivity contribution >= 4 is 20.0 Å². The molecular weight excluding hydrogens is 456 g/mol. The first-order chi connectivity index (χ1) is 15.5. The molecule has 2 fully saturated rings. The van der Waals surface area contributed by atoms with Crippen LogP contribution in [0.1, 0.15) is 60.3 Å². The molecule has 4 atom stereocenters. The number of hydrogen-bond acceptors (Lipinski definition) is 7. The van der Waals surface area contributed by atoms with Gasteiger partial charge in [-0.3, -0.25) is 9.59 Å². The minimum atomic E-state index is -1.43. The van der Waals surface area contributed by atoms with Gasteiger partial charge >= 0.3 is 11.9 Å². The highest BCUT2D eigenvalue weighted by Gasteiger charge is 2.37. The van der Waals surface area contributed by atoms with Crippen LogP contribution in [0, 0.1) is 23.8 Å². The van der Waals surface area contributed by atoms with Crippen molar-refractivity contribution in [2.24, 2.45) is 0 Å². The zero-order valence-corrected chi connectivity index (χ0v) is 22.7. The van der Waals surface area contributed by atoms with Crippen LogP contribution in [0.3, 0.4) is 0 Å². The molecule has 0 aromatic carbocycles. The molecule has 192 valence electrons. The highest BCUT2D eigenvalue weighted by Crippen LogP contribution is 2.29. The Bertz CT molecular complexity index is 796. The van der Waals surface area contributed by atoms with Crippen molar-refractivity contribution in [1.82, 2.24) is 0 Å². The first kappa shape index (κ1) is 30.1. The third-order valence-corrected chi connectivity index (χ3v) is 5.50. The monoisotopic (exact) mass is 496 g/mol. The van der Waals surface area contributed by atoms with Crippen molar-refractivity contribution < 1.29 is 38.4 Å². The van der Waals surface area contributed by atoms with Gasteiger partial charge in [-0.1, -0.05) is 31.5 Å². The maximum Gasteiger partial charge on any atom is 0.308 e. The fraction of sp³-hybridized carbons (Fsp3) is 0.760. The Morgan fingerprint density at radius 3 is 1.94 bits per heavy atom.